The van der Waals surface area contributed by atoms with E-state index in [2.05, 4.69) is 41.2 Å². The number of fused-ring (bicyclic) bond motifs is 1. The molecule has 2 unspecified atom stereocenters. The largest absolute Gasteiger partial charge is 0.328 e. The van der Waals surface area contributed by atoms with Gasteiger partial charge in [-0.3, -0.25) is 4.90 Å². The summed E-state index contributed by atoms with van der Waals surface area (Å²) in [6.45, 7) is 7.00. The monoisotopic (exact) mass is 307 g/mol. The maximum absolute atomic E-state index is 5.91. The predicted octanol–water partition coefficient (Wildman–Crippen LogP) is 2.65. The lowest BCUT2D eigenvalue weighted by molar-refractivity contribution is 0.103. The van der Waals surface area contributed by atoms with Gasteiger partial charge in [0.2, 0.25) is 0 Å². The molecule has 1 aliphatic carbocycles. The van der Waals surface area contributed by atoms with Crippen LogP contribution in [0.2, 0.25) is 0 Å². The van der Waals surface area contributed by atoms with Gasteiger partial charge in [0.1, 0.15) is 0 Å². The minimum Gasteiger partial charge on any atom is -0.328 e. The van der Waals surface area contributed by atoms with E-state index in [1.54, 1.807) is 15.3 Å². The van der Waals surface area contributed by atoms with Crippen LogP contribution in [0.3, 0.4) is 0 Å². The molecule has 2 heterocycles. The molecule has 0 radical (unpaired) electrons. The molecule has 1 aromatic heterocycles. The van der Waals surface area contributed by atoms with Gasteiger partial charge in [0, 0.05) is 48.0 Å². The maximum atomic E-state index is 5.91. The van der Waals surface area contributed by atoms with Crippen molar-refractivity contribution in [3.63, 3.8) is 0 Å². The average molecular weight is 308 g/mol. The molecule has 0 spiro atoms. The quantitative estimate of drug-likeness (QED) is 0.928. The van der Waals surface area contributed by atoms with Gasteiger partial charge in [-0.05, 0) is 57.7 Å². The third-order valence-corrected chi connectivity index (χ3v) is 6.23. The van der Waals surface area contributed by atoms with Gasteiger partial charge in [-0.2, -0.15) is 0 Å². The Morgan fingerprint density at radius 3 is 2.81 bits per heavy atom. The molecule has 0 amide bonds. The number of hydrogen-bond acceptors (Lipinski definition) is 4. The minimum absolute atomic E-state index is 0.317. The van der Waals surface area contributed by atoms with E-state index in [-0.39, 0.29) is 0 Å². The van der Waals surface area contributed by atoms with Crippen LogP contribution in [0.4, 0.5) is 0 Å². The first-order valence-electron chi connectivity index (χ1n) is 8.43. The highest BCUT2D eigenvalue weighted by atomic mass is 32.1. The maximum Gasteiger partial charge on any atom is 0.0360 e. The van der Waals surface area contributed by atoms with Crippen molar-refractivity contribution in [1.29, 1.82) is 0 Å². The Morgan fingerprint density at radius 1 is 1.33 bits per heavy atom. The van der Waals surface area contributed by atoms with Crippen LogP contribution in [0.25, 0.3) is 0 Å². The van der Waals surface area contributed by atoms with E-state index in [1.807, 2.05) is 0 Å². The topological polar surface area (TPSA) is 32.5 Å². The Balaban J connectivity index is 1.71. The molecule has 2 aliphatic rings. The predicted molar refractivity (Wildman–Crippen MR) is 91.0 cm³/mol. The zero-order valence-corrected chi connectivity index (χ0v) is 14.3. The van der Waals surface area contributed by atoms with Crippen LogP contribution in [-0.4, -0.2) is 49.1 Å². The molecule has 2 N–H and O–H groups in total. The number of likely N-dealkylation sites (N-methyl/N-ethyl adjacent to an activating group) is 1. The summed E-state index contributed by atoms with van der Waals surface area (Å²) in [7, 11) is 2.24. The summed E-state index contributed by atoms with van der Waals surface area (Å²) < 4.78 is 0. The summed E-state index contributed by atoms with van der Waals surface area (Å²) >= 11 is 2.05. The van der Waals surface area contributed by atoms with Crippen LogP contribution in [-0.2, 0) is 12.8 Å². The van der Waals surface area contributed by atoms with Gasteiger partial charge >= 0.3 is 0 Å². The van der Waals surface area contributed by atoms with Gasteiger partial charge in [0.25, 0.3) is 0 Å². The van der Waals surface area contributed by atoms with Gasteiger partial charge in [-0.25, -0.2) is 0 Å². The number of piperazine rings is 1. The van der Waals surface area contributed by atoms with Crippen molar-refractivity contribution in [1.82, 2.24) is 9.80 Å². The third-order valence-electron chi connectivity index (χ3n) is 4.96. The van der Waals surface area contributed by atoms with Crippen molar-refractivity contribution >= 4 is 11.3 Å². The fourth-order valence-corrected chi connectivity index (χ4v) is 4.88. The Kier molecular flexibility index (Phi) is 4.99. The molecule has 1 saturated heterocycles. The highest BCUT2D eigenvalue weighted by Gasteiger charge is 2.29. The molecule has 0 aromatic carbocycles. The van der Waals surface area contributed by atoms with Crippen molar-refractivity contribution in [2.75, 3.05) is 33.2 Å². The summed E-state index contributed by atoms with van der Waals surface area (Å²) in [5.74, 6) is 0. The first kappa shape index (κ1) is 15.5. The Hall–Kier alpha value is -0.420. The molecule has 2 atom stereocenters. The van der Waals surface area contributed by atoms with Crippen molar-refractivity contribution < 1.29 is 0 Å². The van der Waals surface area contributed by atoms with Crippen molar-refractivity contribution in [3.8, 4) is 0 Å². The number of nitrogens with two attached hydrogens (primary N) is 1. The molecular weight excluding hydrogens is 278 g/mol. The van der Waals surface area contributed by atoms with Crippen molar-refractivity contribution in [2.45, 2.75) is 51.1 Å². The van der Waals surface area contributed by atoms with E-state index in [0.29, 0.717) is 12.1 Å². The van der Waals surface area contributed by atoms with Gasteiger partial charge in [0.05, 0.1) is 0 Å². The first-order chi connectivity index (χ1) is 10.1. The molecular formula is C17H29N3S. The van der Waals surface area contributed by atoms with Crippen LogP contribution in [0.15, 0.2) is 6.07 Å². The standard InChI is InChI=1S/C17H29N3S/c1-13(18)6-7-14-12-15-16(4-3-5-17(15)21-14)20-10-8-19(2)9-11-20/h12-13,16H,3-11,18H2,1-2H3. The molecule has 4 heteroatoms. The number of hydrogen-bond donors (Lipinski definition) is 1. The fraction of sp³-hybridized carbons (Fsp3) is 0.765. The molecule has 3 nitrogen and oxygen atoms in total. The van der Waals surface area contributed by atoms with E-state index in [1.165, 1.54) is 45.4 Å². The molecule has 1 fully saturated rings. The Morgan fingerprint density at radius 2 is 2.10 bits per heavy atom. The normalized spacial score (nSPS) is 25.8. The number of thiophene rings is 1. The zero-order chi connectivity index (χ0) is 14.8. The van der Waals surface area contributed by atoms with Gasteiger partial charge in [-0.15, -0.1) is 11.3 Å². The lowest BCUT2D eigenvalue weighted by atomic mass is 9.91. The van der Waals surface area contributed by atoms with E-state index < -0.39 is 0 Å². The molecule has 21 heavy (non-hydrogen) atoms. The second-order valence-electron chi connectivity index (χ2n) is 6.85. The molecule has 0 saturated carbocycles. The Bertz CT molecular complexity index is 461. The lowest BCUT2D eigenvalue weighted by Gasteiger charge is -2.39. The fourth-order valence-electron chi connectivity index (χ4n) is 3.60. The smallest absolute Gasteiger partial charge is 0.0360 e. The van der Waals surface area contributed by atoms with E-state index in [4.69, 9.17) is 5.73 Å². The van der Waals surface area contributed by atoms with Crippen molar-refractivity contribution in [3.05, 3.63) is 21.4 Å². The highest BCUT2D eigenvalue weighted by molar-refractivity contribution is 7.12. The zero-order valence-electron chi connectivity index (χ0n) is 13.5. The second-order valence-corrected chi connectivity index (χ2v) is 8.08. The summed E-state index contributed by atoms with van der Waals surface area (Å²) in [5, 5.41) is 0. The van der Waals surface area contributed by atoms with Gasteiger partial charge in [0.15, 0.2) is 0 Å². The lowest BCUT2D eigenvalue weighted by Crippen LogP contribution is -2.46. The van der Waals surface area contributed by atoms with Gasteiger partial charge in [-0.1, -0.05) is 0 Å². The number of nitrogens with zero attached hydrogens (tertiary/aromatic N) is 2. The molecule has 1 aromatic rings. The van der Waals surface area contributed by atoms with Crippen LogP contribution in [0.1, 0.15) is 47.5 Å². The van der Waals surface area contributed by atoms with Crippen LogP contribution >= 0.6 is 11.3 Å². The number of rotatable bonds is 4. The summed E-state index contributed by atoms with van der Waals surface area (Å²) in [5.41, 5.74) is 7.56. The number of aryl methyl sites for hydroxylation is 2. The molecule has 3 rings (SSSR count). The van der Waals surface area contributed by atoms with Crippen LogP contribution in [0, 0.1) is 0 Å². The van der Waals surface area contributed by atoms with E-state index >= 15 is 0 Å². The molecule has 1 aliphatic heterocycles. The third kappa shape index (κ3) is 3.67. The Labute approximate surface area is 133 Å². The summed E-state index contributed by atoms with van der Waals surface area (Å²) in [6, 6.07) is 3.50. The SMILES string of the molecule is CC(N)CCc1cc2c(s1)CCCC2N1CCN(C)CC1. The highest BCUT2D eigenvalue weighted by Crippen LogP contribution is 2.39. The van der Waals surface area contributed by atoms with Gasteiger partial charge < -0.3 is 10.6 Å². The van der Waals surface area contributed by atoms with E-state index in [0.717, 1.165) is 12.8 Å². The van der Waals surface area contributed by atoms with E-state index in [9.17, 15) is 0 Å². The van der Waals surface area contributed by atoms with Crippen LogP contribution < -0.4 is 5.73 Å². The average Bonchev–Trinajstić information content (AvgIpc) is 2.89. The minimum atomic E-state index is 0.317. The van der Waals surface area contributed by atoms with Crippen molar-refractivity contribution in [2.24, 2.45) is 5.73 Å². The summed E-state index contributed by atoms with van der Waals surface area (Å²) in [6.07, 6.45) is 6.27. The van der Waals surface area contributed by atoms with Crippen LogP contribution in [0.5, 0.6) is 0 Å². The molecule has 0 bridgehead atoms. The molecule has 118 valence electrons. The summed E-state index contributed by atoms with van der Waals surface area (Å²) in [4.78, 5) is 8.38. The first-order valence-corrected chi connectivity index (χ1v) is 9.25. The second kappa shape index (κ2) is 6.78.